The minimum absolute atomic E-state index is 0.0793. The van der Waals surface area contributed by atoms with E-state index in [1.54, 1.807) is 7.05 Å². The highest BCUT2D eigenvalue weighted by molar-refractivity contribution is 5.81. The molecule has 1 amide bonds. The maximum absolute atomic E-state index is 13.0. The number of carbonyl (C=O) groups is 1. The van der Waals surface area contributed by atoms with Crippen molar-refractivity contribution in [1.29, 1.82) is 0 Å². The number of hydrogen-bond acceptors (Lipinski definition) is 6. The summed E-state index contributed by atoms with van der Waals surface area (Å²) < 4.78 is 16.2. The summed E-state index contributed by atoms with van der Waals surface area (Å²) in [5.41, 5.74) is -0.0158. The average Bonchev–Trinajstić information content (AvgIpc) is 3.61. The molecule has 0 spiro atoms. The van der Waals surface area contributed by atoms with Gasteiger partial charge >= 0.3 is 5.69 Å². The maximum atomic E-state index is 13.0. The Balaban J connectivity index is 1.43. The molecule has 2 aliphatic heterocycles. The first-order chi connectivity index (χ1) is 15.4. The lowest BCUT2D eigenvalue weighted by Gasteiger charge is -2.32. The minimum Gasteiger partial charge on any atom is -0.461 e. The standard InChI is InChI=1S/C22H31N5O5/c1-24-18-17(20(29)25(2)22(24)30)27(13-14-7-11-31-12-8-14)21(23-18)32-16-5-9-26(10-6-16)19(28)15-3-4-15/h14-16H,3-13H2,1-2H3. The van der Waals surface area contributed by atoms with Gasteiger partial charge in [-0.2, -0.15) is 4.98 Å². The number of likely N-dealkylation sites (tertiary alicyclic amines) is 1. The van der Waals surface area contributed by atoms with Crippen LogP contribution in [0.1, 0.15) is 38.5 Å². The van der Waals surface area contributed by atoms with Crippen LogP contribution >= 0.6 is 0 Å². The fourth-order valence-corrected chi connectivity index (χ4v) is 4.80. The highest BCUT2D eigenvalue weighted by atomic mass is 16.5. The fourth-order valence-electron chi connectivity index (χ4n) is 4.80. The van der Waals surface area contributed by atoms with E-state index < -0.39 is 5.69 Å². The van der Waals surface area contributed by atoms with Crippen LogP contribution in [-0.2, 0) is 30.2 Å². The smallest absolute Gasteiger partial charge is 0.332 e. The van der Waals surface area contributed by atoms with Crippen LogP contribution in [0.3, 0.4) is 0 Å². The predicted molar refractivity (Wildman–Crippen MR) is 117 cm³/mol. The van der Waals surface area contributed by atoms with Crippen LogP contribution in [0.25, 0.3) is 11.2 Å². The van der Waals surface area contributed by atoms with Crippen molar-refractivity contribution in [2.24, 2.45) is 25.9 Å². The molecule has 0 N–H and O–H groups in total. The van der Waals surface area contributed by atoms with Crippen molar-refractivity contribution in [2.75, 3.05) is 26.3 Å². The zero-order valence-corrected chi connectivity index (χ0v) is 18.8. The SMILES string of the molecule is Cn1c(=O)c2c(nc(OC3CCN(C(=O)C4CC4)CC3)n2CC2CCOCC2)n(C)c1=O. The second-order valence-corrected chi connectivity index (χ2v) is 9.36. The number of hydrogen-bond donors (Lipinski definition) is 0. The zero-order chi connectivity index (χ0) is 22.4. The van der Waals surface area contributed by atoms with Gasteiger partial charge in [0.15, 0.2) is 11.2 Å². The second kappa shape index (κ2) is 8.38. The van der Waals surface area contributed by atoms with Crippen molar-refractivity contribution in [3.05, 3.63) is 20.8 Å². The van der Waals surface area contributed by atoms with Gasteiger partial charge in [0.1, 0.15) is 6.10 Å². The Morgan fingerprint density at radius 1 is 1.03 bits per heavy atom. The molecule has 3 fully saturated rings. The summed E-state index contributed by atoms with van der Waals surface area (Å²) in [7, 11) is 3.12. The second-order valence-electron chi connectivity index (χ2n) is 9.36. The van der Waals surface area contributed by atoms with Crippen molar-refractivity contribution < 1.29 is 14.3 Å². The molecule has 4 heterocycles. The van der Waals surface area contributed by atoms with E-state index in [1.165, 1.54) is 11.6 Å². The van der Waals surface area contributed by atoms with Gasteiger partial charge in [0, 0.05) is 65.7 Å². The molecule has 174 valence electrons. The predicted octanol–water partition coefficient (Wildman–Crippen LogP) is 0.640. The molecule has 5 rings (SSSR count). The van der Waals surface area contributed by atoms with Gasteiger partial charge < -0.3 is 14.4 Å². The summed E-state index contributed by atoms with van der Waals surface area (Å²) in [6.07, 6.45) is 5.23. The van der Waals surface area contributed by atoms with Crippen LogP contribution in [-0.4, -0.2) is 61.9 Å². The van der Waals surface area contributed by atoms with E-state index in [2.05, 4.69) is 4.98 Å². The lowest BCUT2D eigenvalue weighted by Crippen LogP contribution is -2.42. The van der Waals surface area contributed by atoms with Crippen LogP contribution in [0.2, 0.25) is 0 Å². The third-order valence-electron chi connectivity index (χ3n) is 7.05. The first kappa shape index (κ1) is 21.2. The molecule has 32 heavy (non-hydrogen) atoms. The Kier molecular flexibility index (Phi) is 5.56. The Morgan fingerprint density at radius 3 is 2.38 bits per heavy atom. The summed E-state index contributed by atoms with van der Waals surface area (Å²) in [6.45, 7) is 3.37. The molecule has 0 bridgehead atoms. The van der Waals surface area contributed by atoms with Gasteiger partial charge in [-0.15, -0.1) is 0 Å². The number of imidazole rings is 1. The molecule has 2 aromatic rings. The van der Waals surface area contributed by atoms with E-state index in [0.717, 1.165) is 43.1 Å². The Hall–Kier alpha value is -2.62. The normalized spacial score (nSPS) is 20.8. The number of aromatic nitrogens is 4. The number of ether oxygens (including phenoxy) is 2. The molecule has 1 aliphatic carbocycles. The van der Waals surface area contributed by atoms with Crippen molar-refractivity contribution in [3.8, 4) is 6.01 Å². The third kappa shape index (κ3) is 3.85. The van der Waals surface area contributed by atoms with Gasteiger partial charge in [0.25, 0.3) is 11.6 Å². The summed E-state index contributed by atoms with van der Waals surface area (Å²) in [4.78, 5) is 44.4. The number of aryl methyl sites for hydroxylation is 1. The van der Waals surface area contributed by atoms with Crippen LogP contribution in [0.5, 0.6) is 6.01 Å². The quantitative estimate of drug-likeness (QED) is 0.670. The van der Waals surface area contributed by atoms with Gasteiger partial charge in [-0.3, -0.25) is 23.3 Å². The van der Waals surface area contributed by atoms with Gasteiger partial charge in [0.2, 0.25) is 5.91 Å². The molecule has 10 nitrogen and oxygen atoms in total. The molecule has 2 aromatic heterocycles. The van der Waals surface area contributed by atoms with Crippen LogP contribution in [0.4, 0.5) is 0 Å². The molecule has 1 saturated carbocycles. The molecule has 0 unspecified atom stereocenters. The lowest BCUT2D eigenvalue weighted by atomic mass is 10.0. The van der Waals surface area contributed by atoms with Crippen molar-refractivity contribution >= 4 is 17.1 Å². The first-order valence-corrected chi connectivity index (χ1v) is 11.6. The van der Waals surface area contributed by atoms with Gasteiger partial charge in [-0.1, -0.05) is 0 Å². The molecule has 10 heteroatoms. The zero-order valence-electron chi connectivity index (χ0n) is 18.8. The van der Waals surface area contributed by atoms with Gasteiger partial charge in [0.05, 0.1) is 0 Å². The molecule has 0 radical (unpaired) electrons. The van der Waals surface area contributed by atoms with E-state index in [1.807, 2.05) is 9.47 Å². The average molecular weight is 446 g/mol. The van der Waals surface area contributed by atoms with Crippen LogP contribution in [0, 0.1) is 11.8 Å². The summed E-state index contributed by atoms with van der Waals surface area (Å²) >= 11 is 0. The monoisotopic (exact) mass is 445 g/mol. The van der Waals surface area contributed by atoms with Crippen LogP contribution in [0.15, 0.2) is 9.59 Å². The van der Waals surface area contributed by atoms with Gasteiger partial charge in [-0.25, -0.2) is 4.79 Å². The molecule has 3 aliphatic rings. The van der Waals surface area contributed by atoms with E-state index in [9.17, 15) is 14.4 Å². The number of fused-ring (bicyclic) bond motifs is 1. The Bertz CT molecular complexity index is 1130. The van der Waals surface area contributed by atoms with E-state index >= 15 is 0 Å². The largest absolute Gasteiger partial charge is 0.461 e. The highest BCUT2D eigenvalue weighted by Crippen LogP contribution is 2.32. The summed E-state index contributed by atoms with van der Waals surface area (Å²) in [6, 6.07) is 0.386. The minimum atomic E-state index is -0.406. The summed E-state index contributed by atoms with van der Waals surface area (Å²) in [5, 5.41) is 0. The van der Waals surface area contributed by atoms with Gasteiger partial charge in [-0.05, 0) is 31.6 Å². The molecule has 0 aromatic carbocycles. The molecular formula is C22H31N5O5. The number of piperidine rings is 1. The number of nitrogens with zero attached hydrogens (tertiary/aromatic N) is 5. The number of amides is 1. The Labute approximate surface area is 185 Å². The molecule has 0 atom stereocenters. The van der Waals surface area contributed by atoms with Crippen molar-refractivity contribution in [2.45, 2.75) is 51.2 Å². The van der Waals surface area contributed by atoms with Crippen molar-refractivity contribution in [3.63, 3.8) is 0 Å². The Morgan fingerprint density at radius 2 is 1.72 bits per heavy atom. The lowest BCUT2D eigenvalue weighted by molar-refractivity contribution is -0.134. The van der Waals surface area contributed by atoms with Crippen molar-refractivity contribution in [1.82, 2.24) is 23.6 Å². The summed E-state index contributed by atoms with van der Waals surface area (Å²) in [5.74, 6) is 0.853. The fraction of sp³-hybridized carbons (Fsp3) is 0.727. The first-order valence-electron chi connectivity index (χ1n) is 11.6. The van der Waals surface area contributed by atoms with E-state index in [-0.39, 0.29) is 23.5 Å². The molecule has 2 saturated heterocycles. The van der Waals surface area contributed by atoms with E-state index in [0.29, 0.717) is 55.9 Å². The topological polar surface area (TPSA) is 101 Å². The maximum Gasteiger partial charge on any atom is 0.332 e. The van der Waals surface area contributed by atoms with Crippen LogP contribution < -0.4 is 16.0 Å². The number of rotatable bonds is 5. The third-order valence-corrected chi connectivity index (χ3v) is 7.05. The molecular weight excluding hydrogens is 414 g/mol. The van der Waals surface area contributed by atoms with E-state index in [4.69, 9.17) is 9.47 Å². The highest BCUT2D eigenvalue weighted by Gasteiger charge is 2.35. The number of carbonyl (C=O) groups excluding carboxylic acids is 1.